The lowest BCUT2D eigenvalue weighted by molar-refractivity contribution is -0.368. The van der Waals surface area contributed by atoms with Crippen LogP contribution in [0.3, 0.4) is 0 Å². The second-order valence-electron chi connectivity index (χ2n) is 5.55. The summed E-state index contributed by atoms with van der Waals surface area (Å²) in [7, 11) is 1.66. The number of rotatable bonds is 6. The van der Waals surface area contributed by atoms with Gasteiger partial charge in [0, 0.05) is 11.3 Å². The molecule has 2 rings (SSSR count). The van der Waals surface area contributed by atoms with Crippen molar-refractivity contribution in [2.75, 3.05) is 12.8 Å². The second kappa shape index (κ2) is 6.91. The van der Waals surface area contributed by atoms with E-state index in [4.69, 9.17) is 10.5 Å². The number of thiazole rings is 1. The van der Waals surface area contributed by atoms with Crippen molar-refractivity contribution in [3.05, 3.63) is 40.9 Å². The third-order valence-electron chi connectivity index (χ3n) is 3.72. The third kappa shape index (κ3) is 3.95. The van der Waals surface area contributed by atoms with Crippen LogP contribution in [0.25, 0.3) is 0 Å². The fourth-order valence-electron chi connectivity index (χ4n) is 2.29. The normalized spacial score (nSPS) is 14.1. The smallest absolute Gasteiger partial charge is 0.329 e. The number of methoxy groups -OCH3 is 1. The minimum Gasteiger partial charge on any atom is -0.497 e. The van der Waals surface area contributed by atoms with E-state index >= 15 is 0 Å². The molecule has 0 spiro atoms. The van der Waals surface area contributed by atoms with Gasteiger partial charge in [0.1, 0.15) is 11.4 Å². The highest BCUT2D eigenvalue weighted by Gasteiger charge is 2.24. The number of aromatic nitrogens is 1. The number of aliphatic hydroxyl groups is 1. The van der Waals surface area contributed by atoms with Gasteiger partial charge in [-0.25, -0.2) is 4.98 Å². The van der Waals surface area contributed by atoms with Crippen LogP contribution in [0, 0.1) is 5.92 Å². The van der Waals surface area contributed by atoms with Crippen molar-refractivity contribution >= 4 is 16.5 Å². The molecule has 1 aromatic carbocycles. The largest absolute Gasteiger partial charge is 0.497 e. The van der Waals surface area contributed by atoms with Crippen LogP contribution in [0.15, 0.2) is 29.6 Å². The van der Waals surface area contributed by atoms with E-state index in [0.29, 0.717) is 11.6 Å². The molecule has 2 unspecified atom stereocenters. The molecule has 0 saturated carbocycles. The molecule has 0 fully saturated rings. The van der Waals surface area contributed by atoms with Gasteiger partial charge in [-0.3, -0.25) is 5.73 Å². The monoisotopic (exact) mass is 307 g/mol. The molecule has 1 heterocycles. The molecule has 0 amide bonds. The van der Waals surface area contributed by atoms with Gasteiger partial charge in [0.15, 0.2) is 0 Å². The Morgan fingerprint density at radius 2 is 1.95 bits per heavy atom. The van der Waals surface area contributed by atoms with E-state index in [1.165, 1.54) is 11.3 Å². The lowest BCUT2D eigenvalue weighted by Gasteiger charge is -2.21. The van der Waals surface area contributed by atoms with E-state index in [1.54, 1.807) is 7.11 Å². The van der Waals surface area contributed by atoms with E-state index in [2.05, 4.69) is 4.98 Å². The number of nitrogens with one attached hydrogen (secondary N) is 1. The van der Waals surface area contributed by atoms with Gasteiger partial charge >= 0.3 is 5.13 Å². The van der Waals surface area contributed by atoms with Gasteiger partial charge in [-0.15, -0.1) is 0 Å². The van der Waals surface area contributed by atoms with E-state index in [0.717, 1.165) is 17.0 Å². The lowest BCUT2D eigenvalue weighted by Crippen LogP contribution is -2.23. The molecule has 0 bridgehead atoms. The summed E-state index contributed by atoms with van der Waals surface area (Å²) < 4.78 is 5.20. The van der Waals surface area contributed by atoms with Gasteiger partial charge in [0.05, 0.1) is 13.2 Å². The fraction of sp³-hybridized carbons (Fsp3) is 0.438. The molecule has 1 aromatic heterocycles. The van der Waals surface area contributed by atoms with E-state index in [1.807, 2.05) is 43.5 Å². The van der Waals surface area contributed by atoms with Crippen molar-refractivity contribution < 1.29 is 14.8 Å². The van der Waals surface area contributed by atoms with Gasteiger partial charge in [0.2, 0.25) is 0 Å². The Bertz CT molecular complexity index is 566. The Morgan fingerprint density at radius 3 is 2.43 bits per heavy atom. The summed E-state index contributed by atoms with van der Waals surface area (Å²) in [5, 5.41) is 13.0. The zero-order valence-corrected chi connectivity index (χ0v) is 13.5. The predicted octanol–water partition coefficient (Wildman–Crippen LogP) is 2.69. The van der Waals surface area contributed by atoms with Gasteiger partial charge < -0.3 is 9.84 Å². The summed E-state index contributed by atoms with van der Waals surface area (Å²) in [6.45, 7) is 4.06. The summed E-state index contributed by atoms with van der Waals surface area (Å²) in [5.41, 5.74) is 8.00. The highest BCUT2D eigenvalue weighted by molar-refractivity contribution is 7.13. The number of ether oxygens (including phenoxy) is 1. The number of aliphatic hydroxyl groups excluding tert-OH is 1. The number of hydrogen-bond donors (Lipinski definition) is 2. The minimum absolute atomic E-state index is 0.0989. The quantitative estimate of drug-likeness (QED) is 0.862. The maximum Gasteiger partial charge on any atom is 0.329 e. The Kier molecular flexibility index (Phi) is 5.20. The number of aromatic amines is 1. The van der Waals surface area contributed by atoms with Crippen LogP contribution >= 0.6 is 11.3 Å². The number of anilines is 1. The third-order valence-corrected chi connectivity index (χ3v) is 4.45. The number of benzene rings is 1. The summed E-state index contributed by atoms with van der Waals surface area (Å²) in [5.74, 6) is 1.15. The SMILES string of the molecule is COc1ccc(C(CC(O)C(C)C)c2csc(N)[nH+]2)cc1. The van der Waals surface area contributed by atoms with Crippen LogP contribution in [-0.2, 0) is 0 Å². The van der Waals surface area contributed by atoms with Crippen LogP contribution in [0.2, 0.25) is 0 Å². The maximum atomic E-state index is 10.3. The first-order valence-corrected chi connectivity index (χ1v) is 7.97. The molecular weight excluding hydrogens is 284 g/mol. The van der Waals surface area contributed by atoms with E-state index < -0.39 is 0 Å². The van der Waals surface area contributed by atoms with Gasteiger partial charge in [-0.2, -0.15) is 0 Å². The molecule has 0 saturated heterocycles. The molecule has 2 atom stereocenters. The molecular formula is C16H23N2O2S+. The zero-order chi connectivity index (χ0) is 15.4. The van der Waals surface area contributed by atoms with Crippen molar-refractivity contribution in [3.63, 3.8) is 0 Å². The summed E-state index contributed by atoms with van der Waals surface area (Å²) in [4.78, 5) is 3.20. The number of nitrogens with two attached hydrogens (primary N) is 1. The number of H-pyrrole nitrogens is 1. The van der Waals surface area contributed by atoms with Gasteiger partial charge in [-0.1, -0.05) is 37.3 Å². The topological polar surface area (TPSA) is 69.6 Å². The Morgan fingerprint density at radius 1 is 1.29 bits per heavy atom. The summed E-state index contributed by atoms with van der Waals surface area (Å²) in [6.07, 6.45) is 0.308. The van der Waals surface area contributed by atoms with Gasteiger partial charge in [0.25, 0.3) is 0 Å². The first-order valence-electron chi connectivity index (χ1n) is 7.09. The first kappa shape index (κ1) is 15.8. The van der Waals surface area contributed by atoms with Crippen LogP contribution in [-0.4, -0.2) is 18.3 Å². The highest BCUT2D eigenvalue weighted by Crippen LogP contribution is 2.31. The molecule has 0 aliphatic rings. The molecule has 114 valence electrons. The zero-order valence-electron chi connectivity index (χ0n) is 12.7. The molecule has 4 N–H and O–H groups in total. The molecule has 2 aromatic rings. The van der Waals surface area contributed by atoms with Crippen LogP contribution in [0.1, 0.15) is 37.4 Å². The van der Waals surface area contributed by atoms with E-state index in [-0.39, 0.29) is 17.9 Å². The van der Waals surface area contributed by atoms with Crippen LogP contribution < -0.4 is 15.5 Å². The van der Waals surface area contributed by atoms with Gasteiger partial charge in [-0.05, 0) is 30.0 Å². The maximum absolute atomic E-state index is 10.3. The Labute approximate surface area is 129 Å². The van der Waals surface area contributed by atoms with Crippen molar-refractivity contribution in [2.24, 2.45) is 5.92 Å². The summed E-state index contributed by atoms with van der Waals surface area (Å²) >= 11 is 1.49. The first-order chi connectivity index (χ1) is 10.0. The molecule has 0 aliphatic heterocycles. The predicted molar refractivity (Wildman–Crippen MR) is 85.6 cm³/mol. The summed E-state index contributed by atoms with van der Waals surface area (Å²) in [6, 6.07) is 7.97. The average Bonchev–Trinajstić information content (AvgIpc) is 2.91. The molecule has 0 radical (unpaired) electrons. The molecule has 4 nitrogen and oxygen atoms in total. The average molecular weight is 307 g/mol. The molecule has 5 heteroatoms. The van der Waals surface area contributed by atoms with Crippen molar-refractivity contribution in [1.82, 2.24) is 0 Å². The van der Waals surface area contributed by atoms with Crippen molar-refractivity contribution in [3.8, 4) is 5.75 Å². The van der Waals surface area contributed by atoms with E-state index in [9.17, 15) is 5.11 Å². The number of nitrogen functional groups attached to an aromatic ring is 1. The molecule has 21 heavy (non-hydrogen) atoms. The highest BCUT2D eigenvalue weighted by atomic mass is 32.1. The Hall–Kier alpha value is -1.59. The minimum atomic E-state index is -0.355. The van der Waals surface area contributed by atoms with Crippen LogP contribution in [0.4, 0.5) is 5.13 Å². The standard InChI is InChI=1S/C16H22N2O2S/c1-10(2)15(19)8-13(14-9-21-16(17)18-14)11-4-6-12(20-3)7-5-11/h4-7,9-10,13,15,19H,8H2,1-3H3,(H2,17,18)/p+1. The van der Waals surface area contributed by atoms with Crippen molar-refractivity contribution in [1.29, 1.82) is 0 Å². The second-order valence-corrected chi connectivity index (χ2v) is 6.46. The van der Waals surface area contributed by atoms with Crippen LogP contribution in [0.5, 0.6) is 5.75 Å². The Balaban J connectivity index is 2.30. The lowest BCUT2D eigenvalue weighted by atomic mass is 9.87. The fourth-order valence-corrected chi connectivity index (χ4v) is 2.94. The molecule has 0 aliphatic carbocycles. The number of hydrogen-bond acceptors (Lipinski definition) is 4. The van der Waals surface area contributed by atoms with Crippen molar-refractivity contribution in [2.45, 2.75) is 32.3 Å².